The summed E-state index contributed by atoms with van der Waals surface area (Å²) in [4.78, 5) is 11.3. The Labute approximate surface area is 123 Å². The molecule has 7 nitrogen and oxygen atoms in total. The second-order valence-corrected chi connectivity index (χ2v) is 6.20. The van der Waals surface area contributed by atoms with Gasteiger partial charge in [0.1, 0.15) is 10.6 Å². The number of hydrogen-bond acceptors (Lipinski definition) is 4. The lowest BCUT2D eigenvalue weighted by Gasteiger charge is -2.08. The van der Waals surface area contributed by atoms with E-state index in [-0.39, 0.29) is 21.4 Å². The first-order chi connectivity index (χ1) is 9.12. The number of halogens is 2. The second-order valence-electron chi connectivity index (χ2n) is 4.00. The van der Waals surface area contributed by atoms with Gasteiger partial charge in [0.25, 0.3) is 15.7 Å². The number of anilines is 1. The molecule has 0 atom stereocenters. The van der Waals surface area contributed by atoms with E-state index < -0.39 is 20.6 Å². The molecule has 0 amide bonds. The molecule has 0 saturated carbocycles. The Kier molecular flexibility index (Phi) is 3.59. The molecule has 0 fully saturated rings. The molecule has 108 valence electrons. The molecule has 20 heavy (non-hydrogen) atoms. The summed E-state index contributed by atoms with van der Waals surface area (Å²) >= 11 is 11.7. The van der Waals surface area contributed by atoms with Crippen LogP contribution < -0.4 is 11.3 Å². The lowest BCUT2D eigenvalue weighted by molar-refractivity contribution is 0.483. The maximum Gasteiger partial charge on any atom is 0.296 e. The number of rotatable bonds is 2. The predicted octanol–water partition coefficient (Wildman–Crippen LogP) is 1.61. The molecule has 4 N–H and O–H groups in total. The van der Waals surface area contributed by atoms with Crippen LogP contribution in [0.2, 0.25) is 10.0 Å². The Balaban J connectivity index is 2.75. The van der Waals surface area contributed by atoms with Crippen LogP contribution in [0.15, 0.2) is 21.8 Å². The number of nitrogens with zero attached hydrogens (tertiary/aromatic N) is 1. The van der Waals surface area contributed by atoms with Crippen LogP contribution in [0.25, 0.3) is 5.69 Å². The largest absolute Gasteiger partial charge is 0.393 e. The van der Waals surface area contributed by atoms with Crippen molar-refractivity contribution in [2.45, 2.75) is 11.8 Å². The normalized spacial score (nSPS) is 11.8. The van der Waals surface area contributed by atoms with E-state index in [0.29, 0.717) is 5.69 Å². The molecule has 0 aliphatic rings. The van der Waals surface area contributed by atoms with Gasteiger partial charge in [-0.2, -0.15) is 8.42 Å². The van der Waals surface area contributed by atoms with E-state index in [9.17, 15) is 13.2 Å². The Morgan fingerprint density at radius 2 is 1.90 bits per heavy atom. The Morgan fingerprint density at radius 3 is 2.35 bits per heavy atom. The minimum absolute atomic E-state index is 0.0102. The molecule has 1 aromatic carbocycles. The van der Waals surface area contributed by atoms with Gasteiger partial charge in [-0.25, -0.2) is 4.68 Å². The van der Waals surface area contributed by atoms with Gasteiger partial charge in [0.15, 0.2) is 0 Å². The van der Waals surface area contributed by atoms with Crippen LogP contribution in [0.3, 0.4) is 0 Å². The zero-order valence-corrected chi connectivity index (χ0v) is 12.3. The molecule has 0 aliphatic carbocycles. The third kappa shape index (κ3) is 2.42. The van der Waals surface area contributed by atoms with Crippen molar-refractivity contribution in [2.24, 2.45) is 0 Å². The molecule has 2 aromatic rings. The third-order valence-corrected chi connectivity index (χ3v) is 4.26. The van der Waals surface area contributed by atoms with E-state index in [1.165, 1.54) is 0 Å². The lowest BCUT2D eigenvalue weighted by Crippen LogP contribution is -2.17. The molecular formula is C10H9Cl2N3O4S. The summed E-state index contributed by atoms with van der Waals surface area (Å²) < 4.78 is 32.2. The van der Waals surface area contributed by atoms with Crippen molar-refractivity contribution in [1.82, 2.24) is 9.78 Å². The van der Waals surface area contributed by atoms with Gasteiger partial charge in [0, 0.05) is 0 Å². The molecule has 0 bridgehead atoms. The Morgan fingerprint density at radius 1 is 1.30 bits per heavy atom. The van der Waals surface area contributed by atoms with E-state index in [1.807, 2.05) is 0 Å². The maximum atomic E-state index is 11.9. The maximum absolute atomic E-state index is 11.9. The zero-order valence-electron chi connectivity index (χ0n) is 10.0. The highest BCUT2D eigenvalue weighted by Crippen LogP contribution is 2.30. The summed E-state index contributed by atoms with van der Waals surface area (Å²) in [5.74, 6) is 0. The quantitative estimate of drug-likeness (QED) is 0.719. The number of aromatic amines is 1. The third-order valence-electron chi connectivity index (χ3n) is 2.64. The van der Waals surface area contributed by atoms with Gasteiger partial charge < -0.3 is 5.73 Å². The van der Waals surface area contributed by atoms with Crippen molar-refractivity contribution < 1.29 is 13.0 Å². The molecule has 1 heterocycles. The van der Waals surface area contributed by atoms with Crippen LogP contribution in [0.4, 0.5) is 5.69 Å². The average Bonchev–Trinajstić information content (AvgIpc) is 2.58. The van der Waals surface area contributed by atoms with Crippen molar-refractivity contribution in [3.05, 3.63) is 38.2 Å². The van der Waals surface area contributed by atoms with Gasteiger partial charge >= 0.3 is 0 Å². The van der Waals surface area contributed by atoms with Crippen molar-refractivity contribution in [1.29, 1.82) is 0 Å². The van der Waals surface area contributed by atoms with Crippen molar-refractivity contribution in [3.63, 3.8) is 0 Å². The Bertz CT molecular complexity index is 854. The second kappa shape index (κ2) is 4.81. The van der Waals surface area contributed by atoms with Crippen LogP contribution in [-0.4, -0.2) is 22.8 Å². The number of nitrogens with two attached hydrogens (primary N) is 1. The number of H-pyrrole nitrogens is 1. The summed E-state index contributed by atoms with van der Waals surface area (Å²) in [5, 5.41) is 2.31. The summed E-state index contributed by atoms with van der Waals surface area (Å²) in [6.07, 6.45) is 0. The zero-order chi connectivity index (χ0) is 15.2. The first-order valence-electron chi connectivity index (χ1n) is 5.17. The minimum Gasteiger partial charge on any atom is -0.393 e. The molecule has 0 unspecified atom stereocenters. The fourth-order valence-electron chi connectivity index (χ4n) is 1.62. The number of benzene rings is 1. The summed E-state index contributed by atoms with van der Waals surface area (Å²) in [5.41, 5.74) is 5.57. The first-order valence-corrected chi connectivity index (χ1v) is 7.36. The molecule has 10 heteroatoms. The number of aryl methyl sites for hydroxylation is 1. The Hall–Kier alpha value is -1.48. The number of nitrogen functional groups attached to an aromatic ring is 1. The van der Waals surface area contributed by atoms with Gasteiger partial charge in [-0.1, -0.05) is 23.2 Å². The van der Waals surface area contributed by atoms with Gasteiger partial charge in [0.05, 0.1) is 21.4 Å². The summed E-state index contributed by atoms with van der Waals surface area (Å²) in [7, 11) is -4.51. The van der Waals surface area contributed by atoms with Crippen LogP contribution in [0, 0.1) is 6.92 Å². The van der Waals surface area contributed by atoms with Gasteiger partial charge in [-0.3, -0.25) is 14.4 Å². The van der Waals surface area contributed by atoms with Crippen LogP contribution in [0.1, 0.15) is 5.69 Å². The highest BCUT2D eigenvalue weighted by atomic mass is 35.5. The first kappa shape index (κ1) is 14.9. The topological polar surface area (TPSA) is 118 Å². The lowest BCUT2D eigenvalue weighted by atomic mass is 10.3. The number of aromatic nitrogens is 2. The molecule has 0 aliphatic heterocycles. The van der Waals surface area contributed by atoms with Crippen molar-refractivity contribution in [3.8, 4) is 5.69 Å². The van der Waals surface area contributed by atoms with Gasteiger partial charge in [-0.05, 0) is 19.1 Å². The van der Waals surface area contributed by atoms with Crippen molar-refractivity contribution in [2.75, 3.05) is 5.73 Å². The van der Waals surface area contributed by atoms with E-state index >= 15 is 0 Å². The van der Waals surface area contributed by atoms with Crippen LogP contribution in [-0.2, 0) is 10.1 Å². The fourth-order valence-corrected chi connectivity index (χ4v) is 2.95. The van der Waals surface area contributed by atoms with Gasteiger partial charge in [0.2, 0.25) is 0 Å². The highest BCUT2D eigenvalue weighted by Gasteiger charge is 2.20. The SMILES string of the molecule is Cc1[nH]n(-c2cc(Cl)c(S(=O)(=O)O)cc2Cl)c(=O)c1N. The van der Waals surface area contributed by atoms with E-state index in [2.05, 4.69) is 5.10 Å². The highest BCUT2D eigenvalue weighted by molar-refractivity contribution is 7.86. The predicted molar refractivity (Wildman–Crippen MR) is 75.4 cm³/mol. The summed E-state index contributed by atoms with van der Waals surface area (Å²) in [6, 6.07) is 2.09. The molecule has 0 saturated heterocycles. The molecule has 0 radical (unpaired) electrons. The number of nitrogens with one attached hydrogen (secondary N) is 1. The van der Waals surface area contributed by atoms with Crippen molar-refractivity contribution >= 4 is 39.0 Å². The molecular weight excluding hydrogens is 329 g/mol. The standard InChI is InChI=1S/C10H9Cl2N3O4S/c1-4-9(13)10(16)15(14-4)7-2-6(12)8(3-5(7)11)20(17,18)19/h2-3,14H,13H2,1H3,(H,17,18,19). The number of hydrogen-bond donors (Lipinski definition) is 3. The molecule has 1 aromatic heterocycles. The average molecular weight is 338 g/mol. The van der Waals surface area contributed by atoms with Gasteiger partial charge in [-0.15, -0.1) is 0 Å². The fraction of sp³-hybridized carbons (Fsp3) is 0.100. The monoisotopic (exact) mass is 337 g/mol. The minimum atomic E-state index is -4.51. The molecule has 2 rings (SSSR count). The van der Waals surface area contributed by atoms with E-state index in [0.717, 1.165) is 16.8 Å². The van der Waals surface area contributed by atoms with Crippen LogP contribution >= 0.6 is 23.2 Å². The summed E-state index contributed by atoms with van der Waals surface area (Å²) in [6.45, 7) is 1.59. The smallest absolute Gasteiger partial charge is 0.296 e. The van der Waals surface area contributed by atoms with E-state index in [4.69, 9.17) is 33.5 Å². The van der Waals surface area contributed by atoms with E-state index in [1.54, 1.807) is 6.92 Å². The molecule has 0 spiro atoms. The van der Waals surface area contributed by atoms with Crippen LogP contribution in [0.5, 0.6) is 0 Å².